The van der Waals surface area contributed by atoms with Crippen molar-refractivity contribution < 1.29 is 13.9 Å². The largest absolute Gasteiger partial charge is 0.486 e. The molecule has 0 fully saturated rings. The molecule has 1 heterocycles. The molecule has 0 aliphatic rings. The summed E-state index contributed by atoms with van der Waals surface area (Å²) in [5.41, 5.74) is 0.799. The molecule has 0 saturated carbocycles. The zero-order valence-corrected chi connectivity index (χ0v) is 11.3. The van der Waals surface area contributed by atoms with E-state index in [9.17, 15) is 4.79 Å². The smallest absolute Gasteiger partial charge is 0.336 e. The minimum absolute atomic E-state index is 0.293. The fourth-order valence-electron chi connectivity index (χ4n) is 1.88. The van der Waals surface area contributed by atoms with Crippen LogP contribution in [0.5, 0.6) is 11.5 Å². The first-order chi connectivity index (χ1) is 9.67. The summed E-state index contributed by atoms with van der Waals surface area (Å²) in [7, 11) is 0. The van der Waals surface area contributed by atoms with E-state index in [1.54, 1.807) is 18.2 Å². The monoisotopic (exact) mass is 272 g/mol. The minimum Gasteiger partial charge on any atom is -0.486 e. The van der Waals surface area contributed by atoms with Crippen molar-refractivity contribution >= 4 is 11.0 Å². The molecular formula is C16H16O4. The molecule has 1 aromatic carbocycles. The second kappa shape index (κ2) is 6.10. The van der Waals surface area contributed by atoms with Crippen LogP contribution in [0.25, 0.3) is 11.0 Å². The van der Waals surface area contributed by atoms with Crippen LogP contribution in [0, 0.1) is 6.92 Å². The molecule has 0 saturated heterocycles. The van der Waals surface area contributed by atoms with Gasteiger partial charge in [0.05, 0.1) is 0 Å². The molecule has 0 amide bonds. The van der Waals surface area contributed by atoms with E-state index in [4.69, 9.17) is 13.9 Å². The van der Waals surface area contributed by atoms with Crippen molar-refractivity contribution in [2.24, 2.45) is 0 Å². The zero-order valence-electron chi connectivity index (χ0n) is 11.3. The summed E-state index contributed by atoms with van der Waals surface area (Å²) in [5.74, 6) is 0.915. The van der Waals surface area contributed by atoms with E-state index >= 15 is 0 Å². The van der Waals surface area contributed by atoms with Gasteiger partial charge in [-0.2, -0.15) is 0 Å². The number of hydrogen-bond donors (Lipinski definition) is 0. The molecule has 0 N–H and O–H groups in total. The van der Waals surface area contributed by atoms with Crippen LogP contribution in [0.3, 0.4) is 0 Å². The molecule has 0 atom stereocenters. The Balaban J connectivity index is 2.64. The van der Waals surface area contributed by atoms with E-state index in [2.05, 4.69) is 13.2 Å². The van der Waals surface area contributed by atoms with Crippen LogP contribution in [-0.4, -0.2) is 13.2 Å². The summed E-state index contributed by atoms with van der Waals surface area (Å²) in [6.45, 7) is 9.69. The number of benzene rings is 1. The molecule has 0 bridgehead atoms. The lowest BCUT2D eigenvalue weighted by Crippen LogP contribution is -2.03. The van der Waals surface area contributed by atoms with E-state index in [1.807, 2.05) is 13.0 Å². The molecule has 2 aromatic rings. The number of aryl methyl sites for hydroxylation is 1. The standard InChI is InChI=1S/C16H16O4/c1-4-8-18-13-7-6-12-11(3)10-14(17)20-15(12)16(13)19-9-5-2/h4-7,10H,1-2,8-9H2,3H3. The minimum atomic E-state index is -0.417. The van der Waals surface area contributed by atoms with E-state index in [1.165, 1.54) is 6.07 Å². The van der Waals surface area contributed by atoms with E-state index in [0.29, 0.717) is 30.3 Å². The van der Waals surface area contributed by atoms with Crippen LogP contribution in [0.1, 0.15) is 5.56 Å². The third-order valence-corrected chi connectivity index (χ3v) is 2.74. The van der Waals surface area contributed by atoms with Crippen LogP contribution in [-0.2, 0) is 0 Å². The lowest BCUT2D eigenvalue weighted by Gasteiger charge is -2.13. The van der Waals surface area contributed by atoms with E-state index in [0.717, 1.165) is 10.9 Å². The Kier molecular flexibility index (Phi) is 4.25. The molecule has 0 aliphatic carbocycles. The zero-order chi connectivity index (χ0) is 14.5. The van der Waals surface area contributed by atoms with Gasteiger partial charge in [-0.25, -0.2) is 4.79 Å². The number of hydrogen-bond acceptors (Lipinski definition) is 4. The summed E-state index contributed by atoms with van der Waals surface area (Å²) in [6, 6.07) is 5.08. The molecule has 4 nitrogen and oxygen atoms in total. The maximum absolute atomic E-state index is 11.6. The van der Waals surface area contributed by atoms with Crippen molar-refractivity contribution in [2.45, 2.75) is 6.92 Å². The maximum atomic E-state index is 11.6. The Morgan fingerprint density at radius 3 is 2.60 bits per heavy atom. The summed E-state index contributed by atoms with van der Waals surface area (Å²) >= 11 is 0. The van der Waals surface area contributed by atoms with Crippen LogP contribution >= 0.6 is 0 Å². The predicted octanol–water partition coefficient (Wildman–Crippen LogP) is 3.23. The summed E-state index contributed by atoms with van der Waals surface area (Å²) in [4.78, 5) is 11.6. The van der Waals surface area contributed by atoms with Crippen molar-refractivity contribution in [1.82, 2.24) is 0 Å². The lowest BCUT2D eigenvalue weighted by molar-refractivity contribution is 0.306. The van der Waals surface area contributed by atoms with Gasteiger partial charge in [-0.1, -0.05) is 25.3 Å². The van der Waals surface area contributed by atoms with Crippen molar-refractivity contribution in [3.63, 3.8) is 0 Å². The fraction of sp³-hybridized carbons (Fsp3) is 0.188. The summed E-state index contributed by atoms with van der Waals surface area (Å²) < 4.78 is 16.4. The van der Waals surface area contributed by atoms with Crippen LogP contribution in [0.4, 0.5) is 0 Å². The Bertz CT molecular complexity index is 697. The number of fused-ring (bicyclic) bond motifs is 1. The molecule has 104 valence electrons. The average Bonchev–Trinajstić information content (AvgIpc) is 2.43. The highest BCUT2D eigenvalue weighted by Gasteiger charge is 2.14. The van der Waals surface area contributed by atoms with Crippen molar-refractivity contribution in [3.05, 3.63) is 59.5 Å². The summed E-state index contributed by atoms with van der Waals surface area (Å²) in [5, 5.41) is 0.814. The second-order valence-corrected chi connectivity index (χ2v) is 4.22. The normalized spacial score (nSPS) is 10.2. The molecule has 2 rings (SSSR count). The van der Waals surface area contributed by atoms with Crippen molar-refractivity contribution in [3.8, 4) is 11.5 Å². The summed E-state index contributed by atoms with van der Waals surface area (Å²) in [6.07, 6.45) is 3.25. The molecule has 1 aromatic heterocycles. The Labute approximate surface area is 116 Å². The Morgan fingerprint density at radius 1 is 1.20 bits per heavy atom. The molecule has 4 heteroatoms. The molecule has 20 heavy (non-hydrogen) atoms. The highest BCUT2D eigenvalue weighted by atomic mass is 16.5. The van der Waals surface area contributed by atoms with Crippen molar-refractivity contribution in [2.75, 3.05) is 13.2 Å². The molecule has 0 radical (unpaired) electrons. The topological polar surface area (TPSA) is 48.7 Å². The third-order valence-electron chi connectivity index (χ3n) is 2.74. The van der Waals surface area contributed by atoms with Gasteiger partial charge in [0.1, 0.15) is 13.2 Å². The van der Waals surface area contributed by atoms with Crippen LogP contribution < -0.4 is 15.1 Å². The van der Waals surface area contributed by atoms with Gasteiger partial charge in [0.25, 0.3) is 0 Å². The quantitative estimate of drug-likeness (QED) is 0.598. The fourth-order valence-corrected chi connectivity index (χ4v) is 1.88. The van der Waals surface area contributed by atoms with Crippen LogP contribution in [0.15, 0.2) is 52.7 Å². The van der Waals surface area contributed by atoms with Gasteiger partial charge in [0, 0.05) is 11.5 Å². The van der Waals surface area contributed by atoms with Gasteiger partial charge >= 0.3 is 5.63 Å². The van der Waals surface area contributed by atoms with Gasteiger partial charge in [-0.15, -0.1) is 0 Å². The SMILES string of the molecule is C=CCOc1ccc2c(C)cc(=O)oc2c1OCC=C. The first-order valence-electron chi connectivity index (χ1n) is 6.22. The average molecular weight is 272 g/mol. The van der Waals surface area contributed by atoms with Gasteiger partial charge in [0.2, 0.25) is 5.75 Å². The van der Waals surface area contributed by atoms with E-state index < -0.39 is 5.63 Å². The van der Waals surface area contributed by atoms with Gasteiger partial charge in [0.15, 0.2) is 11.3 Å². The van der Waals surface area contributed by atoms with Gasteiger partial charge in [-0.05, 0) is 24.6 Å². The van der Waals surface area contributed by atoms with Gasteiger partial charge in [-0.3, -0.25) is 0 Å². The predicted molar refractivity (Wildman–Crippen MR) is 78.6 cm³/mol. The van der Waals surface area contributed by atoms with E-state index in [-0.39, 0.29) is 0 Å². The first-order valence-corrected chi connectivity index (χ1v) is 6.22. The maximum Gasteiger partial charge on any atom is 0.336 e. The molecule has 0 unspecified atom stereocenters. The molecule has 0 spiro atoms. The lowest BCUT2D eigenvalue weighted by atomic mass is 10.1. The molecule has 0 aliphatic heterocycles. The first kappa shape index (κ1) is 13.9. The molecular weight excluding hydrogens is 256 g/mol. The highest BCUT2D eigenvalue weighted by molar-refractivity contribution is 5.87. The Morgan fingerprint density at radius 2 is 1.90 bits per heavy atom. The number of rotatable bonds is 6. The second-order valence-electron chi connectivity index (χ2n) is 4.22. The van der Waals surface area contributed by atoms with Crippen LogP contribution in [0.2, 0.25) is 0 Å². The van der Waals surface area contributed by atoms with Gasteiger partial charge < -0.3 is 13.9 Å². The Hall–Kier alpha value is -2.49. The highest BCUT2D eigenvalue weighted by Crippen LogP contribution is 2.36. The number of ether oxygens (including phenoxy) is 2. The van der Waals surface area contributed by atoms with Crippen molar-refractivity contribution in [1.29, 1.82) is 0 Å². The third kappa shape index (κ3) is 2.74.